The minimum atomic E-state index is -1.81. The quantitative estimate of drug-likeness (QED) is 0.287. The van der Waals surface area contributed by atoms with E-state index in [1.165, 1.54) is 21.5 Å². The second-order valence-corrected chi connectivity index (χ2v) is 12.1. The summed E-state index contributed by atoms with van der Waals surface area (Å²) >= 11 is 0. The van der Waals surface area contributed by atoms with Crippen LogP contribution in [0, 0.1) is 0 Å². The van der Waals surface area contributed by atoms with Crippen molar-refractivity contribution in [1.82, 2.24) is 0 Å². The molecule has 0 spiro atoms. The third-order valence-corrected chi connectivity index (χ3v) is 10.1. The summed E-state index contributed by atoms with van der Waals surface area (Å²) in [4.78, 5) is 0. The monoisotopic (exact) mass is 429 g/mol. The summed E-state index contributed by atoms with van der Waals surface area (Å²) in [5, 5.41) is 4.25. The van der Waals surface area contributed by atoms with Gasteiger partial charge >= 0.3 is 0 Å². The van der Waals surface area contributed by atoms with Crippen LogP contribution in [0.25, 0.3) is 0 Å². The lowest BCUT2D eigenvalue weighted by atomic mass is 10.0. The molecule has 31 heavy (non-hydrogen) atoms. The third kappa shape index (κ3) is 5.82. The van der Waals surface area contributed by atoms with Gasteiger partial charge in [0.2, 0.25) is 0 Å². The molecule has 2 heteroatoms. The lowest BCUT2D eigenvalue weighted by Crippen LogP contribution is -2.33. The van der Waals surface area contributed by atoms with Crippen molar-refractivity contribution in [3.05, 3.63) is 115 Å². The molecule has 0 aliphatic rings. The van der Waals surface area contributed by atoms with E-state index in [4.69, 9.17) is 4.74 Å². The Morgan fingerprint density at radius 2 is 1.19 bits per heavy atom. The van der Waals surface area contributed by atoms with Crippen molar-refractivity contribution in [3.8, 4) is 0 Å². The van der Waals surface area contributed by atoms with Gasteiger partial charge in [0.1, 0.15) is 23.2 Å². The zero-order valence-electron chi connectivity index (χ0n) is 19.2. The van der Waals surface area contributed by atoms with Gasteiger partial charge in [-0.2, -0.15) is 0 Å². The van der Waals surface area contributed by atoms with Gasteiger partial charge in [-0.3, -0.25) is 0 Å². The fourth-order valence-electron chi connectivity index (χ4n) is 3.77. The first kappa shape index (κ1) is 23.2. The molecular weight excluding hydrogens is 395 g/mol. The molecular formula is C29H34OP+. The van der Waals surface area contributed by atoms with E-state index in [9.17, 15) is 0 Å². The number of ether oxygens (including phenoxy) is 1. The van der Waals surface area contributed by atoms with E-state index < -0.39 is 7.26 Å². The maximum Gasteiger partial charge on any atom is 0.115 e. The molecule has 0 heterocycles. The Kier molecular flexibility index (Phi) is 8.02. The molecule has 0 saturated heterocycles. The average molecular weight is 430 g/mol. The van der Waals surface area contributed by atoms with Crippen molar-refractivity contribution >= 4 is 23.2 Å². The second-order valence-electron chi connectivity index (χ2n) is 8.52. The maximum absolute atomic E-state index is 5.54. The highest BCUT2D eigenvalue weighted by Gasteiger charge is 2.44. The van der Waals surface area contributed by atoms with E-state index in [1.54, 1.807) is 7.11 Å². The molecule has 0 bridgehead atoms. The van der Waals surface area contributed by atoms with Crippen LogP contribution in [-0.2, 0) is 4.74 Å². The van der Waals surface area contributed by atoms with E-state index in [2.05, 4.69) is 130 Å². The molecule has 0 aromatic heterocycles. The molecule has 0 aliphatic carbocycles. The van der Waals surface area contributed by atoms with Crippen LogP contribution in [0.1, 0.15) is 27.2 Å². The minimum absolute atomic E-state index is 0.133. The molecule has 0 N–H and O–H groups in total. The number of hydrogen-bond acceptors (Lipinski definition) is 1. The standard InChI is InChI=1S/C29H34OP/c1-25(15-14-23-29(2,3)30-4)22-24-31(26-16-8-5-9-17-26,27-18-10-6-11-19-27)28-20-12-7-13-21-28/h5-22H,23-24H2,1-4H3/q+1/b15-14+,25-22+. The van der Waals surface area contributed by atoms with Crippen molar-refractivity contribution in [2.75, 3.05) is 13.3 Å². The summed E-state index contributed by atoms with van der Waals surface area (Å²) in [6.45, 7) is 6.44. The topological polar surface area (TPSA) is 9.23 Å². The molecule has 0 amide bonds. The highest BCUT2D eigenvalue weighted by molar-refractivity contribution is 7.95. The fraction of sp³-hybridized carbons (Fsp3) is 0.241. The Morgan fingerprint density at radius 1 is 0.774 bits per heavy atom. The molecule has 0 saturated carbocycles. The van der Waals surface area contributed by atoms with Crippen LogP contribution in [0.2, 0.25) is 0 Å². The van der Waals surface area contributed by atoms with E-state index in [1.807, 2.05) is 0 Å². The van der Waals surface area contributed by atoms with Gasteiger partial charge in [0.15, 0.2) is 0 Å². The summed E-state index contributed by atoms with van der Waals surface area (Å²) in [6, 6.07) is 33.1. The molecule has 0 radical (unpaired) electrons. The van der Waals surface area contributed by atoms with Gasteiger partial charge in [0.25, 0.3) is 0 Å². The second kappa shape index (κ2) is 10.7. The van der Waals surface area contributed by atoms with Crippen molar-refractivity contribution in [2.24, 2.45) is 0 Å². The highest BCUT2D eigenvalue weighted by Crippen LogP contribution is 2.55. The van der Waals surface area contributed by atoms with Gasteiger partial charge in [-0.1, -0.05) is 72.3 Å². The Labute approximate surface area is 188 Å². The van der Waals surface area contributed by atoms with Crippen molar-refractivity contribution in [1.29, 1.82) is 0 Å². The SMILES string of the molecule is COC(C)(C)C/C=C/C(C)=C/C[P+](c1ccccc1)(c1ccccc1)c1ccccc1. The normalized spacial score (nSPS) is 13.0. The number of allylic oxidation sites excluding steroid dienone is 3. The van der Waals surface area contributed by atoms with E-state index >= 15 is 0 Å². The van der Waals surface area contributed by atoms with Gasteiger partial charge in [-0.05, 0) is 69.7 Å². The third-order valence-electron chi connectivity index (χ3n) is 5.82. The maximum atomic E-state index is 5.54. The summed E-state index contributed by atoms with van der Waals surface area (Å²) in [5.41, 5.74) is 1.16. The molecule has 0 unspecified atom stereocenters. The summed E-state index contributed by atoms with van der Waals surface area (Å²) in [7, 11) is -0.0398. The fourth-order valence-corrected chi connectivity index (χ4v) is 7.90. The van der Waals surface area contributed by atoms with Gasteiger partial charge in [-0.25, -0.2) is 0 Å². The van der Waals surface area contributed by atoms with Gasteiger partial charge < -0.3 is 4.74 Å². The summed E-state index contributed by atoms with van der Waals surface area (Å²) in [5.74, 6) is 0. The van der Waals surface area contributed by atoms with Gasteiger partial charge in [0, 0.05) is 7.11 Å². The van der Waals surface area contributed by atoms with E-state index in [-0.39, 0.29) is 5.60 Å². The summed E-state index contributed by atoms with van der Waals surface area (Å²) in [6.07, 6.45) is 8.76. The zero-order valence-corrected chi connectivity index (χ0v) is 20.1. The lowest BCUT2D eigenvalue weighted by molar-refractivity contribution is 0.0255. The van der Waals surface area contributed by atoms with Gasteiger partial charge in [0.05, 0.1) is 11.8 Å². The van der Waals surface area contributed by atoms with Crippen LogP contribution in [0.3, 0.4) is 0 Å². The Balaban J connectivity index is 2.05. The van der Waals surface area contributed by atoms with Crippen LogP contribution in [0.5, 0.6) is 0 Å². The first-order chi connectivity index (χ1) is 15.0. The number of hydrogen-bond donors (Lipinski definition) is 0. The lowest BCUT2D eigenvalue weighted by Gasteiger charge is -2.26. The first-order valence-electron chi connectivity index (χ1n) is 10.9. The van der Waals surface area contributed by atoms with Crippen LogP contribution >= 0.6 is 7.26 Å². The number of rotatable bonds is 9. The molecule has 3 aromatic rings. The van der Waals surface area contributed by atoms with Gasteiger partial charge in [-0.15, -0.1) is 0 Å². The molecule has 3 rings (SSSR count). The van der Waals surface area contributed by atoms with Crippen LogP contribution < -0.4 is 15.9 Å². The zero-order chi connectivity index (χ0) is 22.2. The smallest absolute Gasteiger partial charge is 0.115 e. The van der Waals surface area contributed by atoms with E-state index in [0.29, 0.717) is 0 Å². The summed E-state index contributed by atoms with van der Waals surface area (Å²) < 4.78 is 5.54. The van der Waals surface area contributed by atoms with Crippen molar-refractivity contribution in [3.63, 3.8) is 0 Å². The molecule has 0 aliphatic heterocycles. The van der Waals surface area contributed by atoms with Crippen LogP contribution in [0.15, 0.2) is 115 Å². The Bertz CT molecular complexity index is 892. The average Bonchev–Trinajstić information content (AvgIpc) is 2.81. The minimum Gasteiger partial charge on any atom is -0.378 e. The first-order valence-corrected chi connectivity index (χ1v) is 12.9. The number of benzene rings is 3. The van der Waals surface area contributed by atoms with Crippen molar-refractivity contribution < 1.29 is 4.74 Å². The predicted molar refractivity (Wildman–Crippen MR) is 139 cm³/mol. The molecule has 160 valence electrons. The number of methoxy groups -OCH3 is 1. The van der Waals surface area contributed by atoms with Crippen LogP contribution in [-0.4, -0.2) is 18.9 Å². The highest BCUT2D eigenvalue weighted by atomic mass is 31.2. The Hall–Kier alpha value is -2.47. The van der Waals surface area contributed by atoms with E-state index in [0.717, 1.165) is 12.6 Å². The molecule has 0 atom stereocenters. The molecule has 0 fully saturated rings. The van der Waals surface area contributed by atoms with Crippen molar-refractivity contribution in [2.45, 2.75) is 32.8 Å². The Morgan fingerprint density at radius 3 is 1.58 bits per heavy atom. The predicted octanol–water partition coefficient (Wildman–Crippen LogP) is 6.30. The largest absolute Gasteiger partial charge is 0.378 e. The molecule has 1 nitrogen and oxygen atoms in total. The van der Waals surface area contributed by atoms with Crippen LogP contribution in [0.4, 0.5) is 0 Å². The molecule has 3 aromatic carbocycles.